The number of hydrogen-bond acceptors (Lipinski definition) is 6. The number of alkyl carbamates (subject to hydrolysis) is 1. The second-order valence-electron chi connectivity index (χ2n) is 8.92. The monoisotopic (exact) mass is 404 g/mol. The molecule has 0 radical (unpaired) electrons. The Morgan fingerprint density at radius 1 is 1.07 bits per heavy atom. The number of amides is 1. The Bertz CT molecular complexity index is 868. The minimum atomic E-state index is -1.17. The van der Waals surface area contributed by atoms with Crippen LogP contribution in [0.5, 0.6) is 5.75 Å². The van der Waals surface area contributed by atoms with Crippen LogP contribution in [0.4, 0.5) is 4.79 Å². The molecule has 0 saturated heterocycles. The Hall–Kier alpha value is -3.03. The number of carbonyl (C=O) groups excluding carboxylic acids is 1. The van der Waals surface area contributed by atoms with Crippen molar-refractivity contribution in [3.63, 3.8) is 0 Å². The van der Waals surface area contributed by atoms with Gasteiger partial charge in [0.15, 0.2) is 12.4 Å². The molecule has 0 atom stereocenters. The maximum Gasteiger partial charge on any atom is 0.408 e. The fourth-order valence-electron chi connectivity index (χ4n) is 2.78. The molecule has 1 amide bonds. The standard InChI is InChI=1S/C21H28N2O6/c1-20(2,3)14-7-12(8-15(18(14)26)21(4,5)6)16-9-13(29-23-16)11-28-19(27)22-10-17(24)25/h7-9,26H,10-11H2,1-6H3,(H,22,27)(H,24,25). The van der Waals surface area contributed by atoms with Crippen LogP contribution in [-0.2, 0) is 27.0 Å². The molecular weight excluding hydrogens is 376 g/mol. The van der Waals surface area contributed by atoms with Gasteiger partial charge in [-0.15, -0.1) is 0 Å². The SMILES string of the molecule is CC(C)(C)c1cc(-c2cc(COC(=O)NCC(=O)O)on2)cc(C(C)(C)C)c1O. The number of aromatic nitrogens is 1. The van der Waals surface area contributed by atoms with Crippen molar-refractivity contribution in [3.05, 3.63) is 35.1 Å². The predicted octanol–water partition coefficient (Wildman–Crippen LogP) is 3.95. The molecule has 0 aliphatic rings. The molecule has 1 aromatic heterocycles. The van der Waals surface area contributed by atoms with Gasteiger partial charge in [-0.25, -0.2) is 4.79 Å². The van der Waals surface area contributed by atoms with Gasteiger partial charge in [-0.2, -0.15) is 0 Å². The van der Waals surface area contributed by atoms with Crippen molar-refractivity contribution in [2.45, 2.75) is 59.0 Å². The number of aromatic hydroxyl groups is 1. The zero-order chi connectivity index (χ0) is 22.0. The predicted molar refractivity (Wildman–Crippen MR) is 107 cm³/mol. The second kappa shape index (κ2) is 8.14. The zero-order valence-electron chi connectivity index (χ0n) is 17.6. The van der Waals surface area contributed by atoms with E-state index in [2.05, 4.69) is 10.5 Å². The summed E-state index contributed by atoms with van der Waals surface area (Å²) >= 11 is 0. The van der Waals surface area contributed by atoms with E-state index in [0.717, 1.165) is 16.7 Å². The first-order valence-corrected chi connectivity index (χ1v) is 9.25. The van der Waals surface area contributed by atoms with Crippen LogP contribution in [0.2, 0.25) is 0 Å². The van der Waals surface area contributed by atoms with Crippen molar-refractivity contribution >= 4 is 12.1 Å². The Morgan fingerprint density at radius 2 is 1.62 bits per heavy atom. The van der Waals surface area contributed by atoms with Gasteiger partial charge in [-0.1, -0.05) is 46.7 Å². The van der Waals surface area contributed by atoms with Gasteiger partial charge in [0.1, 0.15) is 18.0 Å². The average molecular weight is 404 g/mol. The number of carbonyl (C=O) groups is 2. The first-order valence-electron chi connectivity index (χ1n) is 9.25. The number of rotatable bonds is 5. The molecule has 0 fully saturated rings. The molecule has 0 bridgehead atoms. The fourth-order valence-corrected chi connectivity index (χ4v) is 2.78. The van der Waals surface area contributed by atoms with Gasteiger partial charge in [-0.05, 0) is 23.0 Å². The van der Waals surface area contributed by atoms with E-state index in [1.54, 1.807) is 6.07 Å². The van der Waals surface area contributed by atoms with Gasteiger partial charge < -0.3 is 24.8 Å². The molecule has 0 unspecified atom stereocenters. The number of carboxylic acids is 1. The summed E-state index contributed by atoms with van der Waals surface area (Å²) in [6.07, 6.45) is -0.861. The van der Waals surface area contributed by atoms with Gasteiger partial charge in [-0.3, -0.25) is 4.79 Å². The third-order valence-electron chi connectivity index (χ3n) is 4.31. The molecule has 2 rings (SSSR count). The second-order valence-corrected chi connectivity index (χ2v) is 8.92. The van der Waals surface area contributed by atoms with Crippen molar-refractivity contribution in [1.29, 1.82) is 0 Å². The number of phenols is 1. The highest BCUT2D eigenvalue weighted by molar-refractivity contribution is 5.76. The van der Waals surface area contributed by atoms with Crippen LogP contribution in [0.15, 0.2) is 22.7 Å². The van der Waals surface area contributed by atoms with E-state index < -0.39 is 18.6 Å². The summed E-state index contributed by atoms with van der Waals surface area (Å²) in [5.74, 6) is -0.579. The molecule has 2 aromatic rings. The normalized spacial score (nSPS) is 11.9. The van der Waals surface area contributed by atoms with Crippen LogP contribution < -0.4 is 5.32 Å². The maximum atomic E-state index is 11.5. The van der Waals surface area contributed by atoms with Crippen molar-refractivity contribution in [2.75, 3.05) is 6.54 Å². The Morgan fingerprint density at radius 3 is 2.10 bits per heavy atom. The fraction of sp³-hybridized carbons (Fsp3) is 0.476. The molecule has 1 aromatic carbocycles. The van der Waals surface area contributed by atoms with Gasteiger partial charge >= 0.3 is 12.1 Å². The number of benzene rings is 1. The molecule has 29 heavy (non-hydrogen) atoms. The van der Waals surface area contributed by atoms with Crippen LogP contribution in [0.25, 0.3) is 11.3 Å². The third kappa shape index (κ3) is 5.73. The summed E-state index contributed by atoms with van der Waals surface area (Å²) in [5.41, 5.74) is 2.37. The number of ether oxygens (including phenoxy) is 1. The molecule has 3 N–H and O–H groups in total. The van der Waals surface area contributed by atoms with E-state index in [1.807, 2.05) is 53.7 Å². The minimum Gasteiger partial charge on any atom is -0.507 e. The van der Waals surface area contributed by atoms with Crippen molar-refractivity contribution in [3.8, 4) is 17.0 Å². The lowest BCUT2D eigenvalue weighted by Crippen LogP contribution is -2.29. The Balaban J connectivity index is 2.29. The summed E-state index contributed by atoms with van der Waals surface area (Å²) in [5, 5.41) is 25.5. The van der Waals surface area contributed by atoms with Crippen LogP contribution in [-0.4, -0.2) is 34.0 Å². The van der Waals surface area contributed by atoms with Gasteiger partial charge in [0.05, 0.1) is 0 Å². The molecule has 0 aliphatic heterocycles. The Kier molecular flexibility index (Phi) is 6.25. The summed E-state index contributed by atoms with van der Waals surface area (Å²) in [6.45, 7) is 11.4. The van der Waals surface area contributed by atoms with E-state index in [-0.39, 0.29) is 23.2 Å². The van der Waals surface area contributed by atoms with Crippen LogP contribution in [0.3, 0.4) is 0 Å². The van der Waals surface area contributed by atoms with Crippen molar-refractivity contribution < 1.29 is 29.1 Å². The highest BCUT2D eigenvalue weighted by Gasteiger charge is 2.27. The molecule has 8 heteroatoms. The number of hydrogen-bond donors (Lipinski definition) is 3. The van der Waals surface area contributed by atoms with Gasteiger partial charge in [0.2, 0.25) is 0 Å². The molecule has 8 nitrogen and oxygen atoms in total. The number of aliphatic carboxylic acids is 1. The summed E-state index contributed by atoms with van der Waals surface area (Å²) < 4.78 is 10.2. The van der Waals surface area contributed by atoms with Gasteiger partial charge in [0.25, 0.3) is 0 Å². The third-order valence-corrected chi connectivity index (χ3v) is 4.31. The number of phenolic OH excluding ortho intramolecular Hbond substituents is 1. The summed E-state index contributed by atoms with van der Waals surface area (Å²) in [4.78, 5) is 21.9. The zero-order valence-corrected chi connectivity index (χ0v) is 17.6. The minimum absolute atomic E-state index is 0.186. The number of carboxylic acid groups (broad SMARTS) is 1. The van der Waals surface area contributed by atoms with Crippen LogP contribution in [0, 0.1) is 0 Å². The molecule has 0 aliphatic carbocycles. The average Bonchev–Trinajstić information content (AvgIpc) is 3.05. The van der Waals surface area contributed by atoms with E-state index >= 15 is 0 Å². The lowest BCUT2D eigenvalue weighted by atomic mass is 9.78. The quantitative estimate of drug-likeness (QED) is 0.689. The number of nitrogens with zero attached hydrogens (tertiary/aromatic N) is 1. The summed E-state index contributed by atoms with van der Waals surface area (Å²) in [6, 6.07) is 5.41. The molecule has 0 saturated carbocycles. The van der Waals surface area contributed by atoms with Gasteiger partial charge in [0, 0.05) is 22.8 Å². The summed E-state index contributed by atoms with van der Waals surface area (Å²) in [7, 11) is 0. The highest BCUT2D eigenvalue weighted by Crippen LogP contribution is 2.41. The topological polar surface area (TPSA) is 122 Å². The lowest BCUT2D eigenvalue weighted by Gasteiger charge is -2.28. The number of nitrogens with one attached hydrogen (secondary N) is 1. The van der Waals surface area contributed by atoms with Crippen LogP contribution in [0.1, 0.15) is 58.4 Å². The molecular formula is C21H28N2O6. The Labute approximate surface area is 169 Å². The first kappa shape index (κ1) is 22.3. The highest BCUT2D eigenvalue weighted by atomic mass is 16.6. The van der Waals surface area contributed by atoms with Crippen LogP contribution >= 0.6 is 0 Å². The van der Waals surface area contributed by atoms with E-state index in [1.165, 1.54) is 0 Å². The first-order chi connectivity index (χ1) is 13.3. The van der Waals surface area contributed by atoms with E-state index in [4.69, 9.17) is 14.4 Å². The maximum absolute atomic E-state index is 11.5. The van der Waals surface area contributed by atoms with E-state index in [0.29, 0.717) is 11.5 Å². The molecule has 158 valence electrons. The molecule has 1 heterocycles. The smallest absolute Gasteiger partial charge is 0.408 e. The van der Waals surface area contributed by atoms with Crippen molar-refractivity contribution in [2.24, 2.45) is 0 Å². The largest absolute Gasteiger partial charge is 0.507 e. The van der Waals surface area contributed by atoms with Crippen molar-refractivity contribution in [1.82, 2.24) is 10.5 Å². The van der Waals surface area contributed by atoms with E-state index in [9.17, 15) is 14.7 Å². The molecule has 0 spiro atoms. The lowest BCUT2D eigenvalue weighted by molar-refractivity contribution is -0.135.